The molecule has 0 aromatic carbocycles. The zero-order valence-electron chi connectivity index (χ0n) is 10.4. The molecule has 0 aliphatic carbocycles. The lowest BCUT2D eigenvalue weighted by molar-refractivity contribution is -0.146. The first-order valence-electron chi connectivity index (χ1n) is 5.89. The highest BCUT2D eigenvalue weighted by atomic mass is 16.5. The van der Waals surface area contributed by atoms with E-state index in [0.29, 0.717) is 12.3 Å². The summed E-state index contributed by atoms with van der Waals surface area (Å²) < 4.78 is 4.78. The van der Waals surface area contributed by atoms with Gasteiger partial charge in [-0.2, -0.15) is 0 Å². The molecule has 0 aromatic rings. The molecule has 0 saturated carbocycles. The second-order valence-corrected chi connectivity index (χ2v) is 4.50. The quantitative estimate of drug-likeness (QED) is 0.663. The van der Waals surface area contributed by atoms with Gasteiger partial charge in [-0.05, 0) is 32.2 Å². The summed E-state index contributed by atoms with van der Waals surface area (Å²) in [6, 6.07) is -0.137. The number of methoxy groups -OCH3 is 1. The maximum absolute atomic E-state index is 11.5. The normalized spacial score (nSPS) is 23.1. The number of ether oxygens (including phenoxy) is 1. The molecule has 1 rings (SSSR count). The molecule has 1 aliphatic heterocycles. The van der Waals surface area contributed by atoms with E-state index in [9.17, 15) is 9.59 Å². The first-order chi connectivity index (χ1) is 7.58. The van der Waals surface area contributed by atoms with Crippen molar-refractivity contribution in [3.8, 4) is 0 Å². The standard InChI is InChI=1S/C12H21NO3/c1-4-11(12(15)16-3)13-6-5-10(8-13)7-9(2)14/h10-11H,4-8H2,1-3H3/t10?,11-/m0/s1. The number of ketones is 1. The molecule has 4 nitrogen and oxygen atoms in total. The van der Waals surface area contributed by atoms with Gasteiger partial charge in [-0.25, -0.2) is 0 Å². The molecular formula is C12H21NO3. The van der Waals surface area contributed by atoms with E-state index >= 15 is 0 Å². The van der Waals surface area contributed by atoms with Gasteiger partial charge < -0.3 is 9.53 Å². The Hall–Kier alpha value is -0.900. The lowest BCUT2D eigenvalue weighted by Crippen LogP contribution is -2.40. The number of esters is 1. The van der Waals surface area contributed by atoms with Crippen molar-refractivity contribution < 1.29 is 14.3 Å². The van der Waals surface area contributed by atoms with Crippen molar-refractivity contribution in [3.05, 3.63) is 0 Å². The molecule has 0 aromatic heterocycles. The summed E-state index contributed by atoms with van der Waals surface area (Å²) in [4.78, 5) is 24.7. The molecule has 1 unspecified atom stereocenters. The lowest BCUT2D eigenvalue weighted by Gasteiger charge is -2.24. The fourth-order valence-electron chi connectivity index (χ4n) is 2.43. The van der Waals surface area contributed by atoms with Gasteiger partial charge >= 0.3 is 5.97 Å². The number of likely N-dealkylation sites (tertiary alicyclic amines) is 1. The molecule has 1 saturated heterocycles. The molecule has 1 fully saturated rings. The van der Waals surface area contributed by atoms with Crippen LogP contribution in [0.15, 0.2) is 0 Å². The average molecular weight is 227 g/mol. The number of Topliss-reactive ketones (excluding diaryl/α,β-unsaturated/α-hetero) is 1. The van der Waals surface area contributed by atoms with Crippen LogP contribution in [0.1, 0.15) is 33.1 Å². The summed E-state index contributed by atoms with van der Waals surface area (Å²) in [5, 5.41) is 0. The van der Waals surface area contributed by atoms with Crippen molar-refractivity contribution in [2.45, 2.75) is 39.2 Å². The molecule has 16 heavy (non-hydrogen) atoms. The average Bonchev–Trinajstić information content (AvgIpc) is 2.66. The molecular weight excluding hydrogens is 206 g/mol. The van der Waals surface area contributed by atoms with Crippen LogP contribution >= 0.6 is 0 Å². The third kappa shape index (κ3) is 3.30. The summed E-state index contributed by atoms with van der Waals surface area (Å²) in [6.07, 6.45) is 2.40. The molecule has 0 spiro atoms. The van der Waals surface area contributed by atoms with Gasteiger partial charge in [0, 0.05) is 13.0 Å². The lowest BCUT2D eigenvalue weighted by atomic mass is 10.0. The van der Waals surface area contributed by atoms with Crippen LogP contribution in [0.5, 0.6) is 0 Å². The Morgan fingerprint density at radius 3 is 2.69 bits per heavy atom. The predicted octanol–water partition coefficient (Wildman–Crippen LogP) is 1.24. The number of nitrogens with zero attached hydrogens (tertiary/aromatic N) is 1. The Morgan fingerprint density at radius 1 is 1.50 bits per heavy atom. The van der Waals surface area contributed by atoms with E-state index in [1.807, 2.05) is 6.92 Å². The fourth-order valence-corrected chi connectivity index (χ4v) is 2.43. The van der Waals surface area contributed by atoms with E-state index in [1.165, 1.54) is 7.11 Å². The van der Waals surface area contributed by atoms with Crippen molar-refractivity contribution in [2.24, 2.45) is 5.92 Å². The maximum Gasteiger partial charge on any atom is 0.323 e. The molecule has 1 aliphatic rings. The Morgan fingerprint density at radius 2 is 2.19 bits per heavy atom. The van der Waals surface area contributed by atoms with E-state index < -0.39 is 0 Å². The third-order valence-electron chi connectivity index (χ3n) is 3.19. The van der Waals surface area contributed by atoms with Crippen LogP contribution in [0.3, 0.4) is 0 Å². The van der Waals surface area contributed by atoms with Gasteiger partial charge in [0.1, 0.15) is 11.8 Å². The summed E-state index contributed by atoms with van der Waals surface area (Å²) in [5.74, 6) is 0.486. The summed E-state index contributed by atoms with van der Waals surface area (Å²) in [6.45, 7) is 5.35. The van der Waals surface area contributed by atoms with E-state index in [1.54, 1.807) is 6.92 Å². The molecule has 92 valence electrons. The van der Waals surface area contributed by atoms with Crippen LogP contribution in [0.4, 0.5) is 0 Å². The SMILES string of the molecule is CC[C@@H](C(=O)OC)N1CCC(CC(C)=O)C1. The number of hydrogen-bond donors (Lipinski definition) is 0. The van der Waals surface area contributed by atoms with Crippen molar-refractivity contribution in [2.75, 3.05) is 20.2 Å². The fraction of sp³-hybridized carbons (Fsp3) is 0.833. The van der Waals surface area contributed by atoms with E-state index in [2.05, 4.69) is 4.90 Å². The maximum atomic E-state index is 11.5. The zero-order chi connectivity index (χ0) is 12.1. The minimum absolute atomic E-state index is 0.137. The highest BCUT2D eigenvalue weighted by Gasteiger charge is 2.32. The first-order valence-corrected chi connectivity index (χ1v) is 5.89. The van der Waals surface area contributed by atoms with Crippen molar-refractivity contribution in [3.63, 3.8) is 0 Å². The van der Waals surface area contributed by atoms with Gasteiger partial charge in [0.15, 0.2) is 0 Å². The topological polar surface area (TPSA) is 46.6 Å². The van der Waals surface area contributed by atoms with Gasteiger partial charge in [-0.15, -0.1) is 0 Å². The largest absolute Gasteiger partial charge is 0.468 e. The number of carbonyl (C=O) groups is 2. The predicted molar refractivity (Wildman–Crippen MR) is 61.1 cm³/mol. The molecule has 4 heteroatoms. The van der Waals surface area contributed by atoms with Gasteiger partial charge in [-0.1, -0.05) is 6.92 Å². The van der Waals surface area contributed by atoms with Crippen LogP contribution in [0, 0.1) is 5.92 Å². The smallest absolute Gasteiger partial charge is 0.323 e. The Bertz CT molecular complexity index is 265. The molecule has 0 N–H and O–H groups in total. The number of rotatable bonds is 5. The van der Waals surface area contributed by atoms with Crippen LogP contribution in [-0.4, -0.2) is 42.9 Å². The van der Waals surface area contributed by atoms with Gasteiger partial charge in [0.25, 0.3) is 0 Å². The van der Waals surface area contributed by atoms with E-state index in [0.717, 1.165) is 25.9 Å². The van der Waals surface area contributed by atoms with Crippen molar-refractivity contribution in [1.29, 1.82) is 0 Å². The first kappa shape index (κ1) is 13.2. The van der Waals surface area contributed by atoms with Crippen LogP contribution in [0.25, 0.3) is 0 Å². The van der Waals surface area contributed by atoms with E-state index in [-0.39, 0.29) is 17.8 Å². The Balaban J connectivity index is 2.50. The Labute approximate surface area is 96.9 Å². The highest BCUT2D eigenvalue weighted by Crippen LogP contribution is 2.23. The minimum atomic E-state index is -0.161. The Kier molecular flexibility index (Phi) is 4.93. The van der Waals surface area contributed by atoms with Crippen molar-refractivity contribution in [1.82, 2.24) is 4.90 Å². The molecule has 0 radical (unpaired) electrons. The molecule has 0 amide bonds. The second-order valence-electron chi connectivity index (χ2n) is 4.50. The van der Waals surface area contributed by atoms with Crippen LogP contribution < -0.4 is 0 Å². The highest BCUT2D eigenvalue weighted by molar-refractivity contribution is 5.76. The molecule has 2 atom stereocenters. The van der Waals surface area contributed by atoms with Crippen LogP contribution in [-0.2, 0) is 14.3 Å². The summed E-state index contributed by atoms with van der Waals surface area (Å²) in [5.41, 5.74) is 0. The van der Waals surface area contributed by atoms with Gasteiger partial charge in [0.05, 0.1) is 7.11 Å². The molecule has 1 heterocycles. The van der Waals surface area contributed by atoms with Crippen molar-refractivity contribution >= 4 is 11.8 Å². The van der Waals surface area contributed by atoms with E-state index in [4.69, 9.17) is 4.74 Å². The zero-order valence-corrected chi connectivity index (χ0v) is 10.4. The summed E-state index contributed by atoms with van der Waals surface area (Å²) >= 11 is 0. The summed E-state index contributed by atoms with van der Waals surface area (Å²) in [7, 11) is 1.42. The monoisotopic (exact) mass is 227 g/mol. The van der Waals surface area contributed by atoms with Crippen LogP contribution in [0.2, 0.25) is 0 Å². The molecule has 0 bridgehead atoms. The van der Waals surface area contributed by atoms with Gasteiger partial charge in [-0.3, -0.25) is 9.69 Å². The van der Waals surface area contributed by atoms with Gasteiger partial charge in [0.2, 0.25) is 0 Å². The minimum Gasteiger partial charge on any atom is -0.468 e. The third-order valence-corrected chi connectivity index (χ3v) is 3.19. The second kappa shape index (κ2) is 5.99. The number of hydrogen-bond acceptors (Lipinski definition) is 4. The number of carbonyl (C=O) groups excluding carboxylic acids is 2.